The molecule has 0 spiro atoms. The van der Waals surface area contributed by atoms with E-state index >= 15 is 0 Å². The van der Waals surface area contributed by atoms with Crippen molar-refractivity contribution in [2.45, 2.75) is 51.4 Å². The zero-order valence-corrected chi connectivity index (χ0v) is 26.1. The maximum atomic E-state index is 14.6. The summed E-state index contributed by atoms with van der Waals surface area (Å²) in [6, 6.07) is 16.5. The van der Waals surface area contributed by atoms with Crippen LogP contribution in [0.2, 0.25) is 0 Å². The Hall–Kier alpha value is -4.17. The first kappa shape index (κ1) is 32.7. The highest BCUT2D eigenvalue weighted by atomic mass is 35.5. The van der Waals surface area contributed by atoms with E-state index in [0.717, 1.165) is 16.3 Å². The number of rotatable bonds is 7. The Balaban J connectivity index is 0.00000442. The molecule has 0 saturated carbocycles. The van der Waals surface area contributed by atoms with Crippen LogP contribution in [0.5, 0.6) is 5.75 Å². The fraction of sp³-hybridized carbons (Fsp3) is 0.394. The largest absolute Gasteiger partial charge is 0.496 e. The Morgan fingerprint density at radius 3 is 2.52 bits per heavy atom. The van der Waals surface area contributed by atoms with Gasteiger partial charge in [0.2, 0.25) is 11.8 Å². The van der Waals surface area contributed by atoms with Gasteiger partial charge in [-0.3, -0.25) is 14.4 Å². The molecule has 1 fully saturated rings. The smallest absolute Gasteiger partial charge is 0.252 e. The molecule has 2 heterocycles. The predicted octanol–water partition coefficient (Wildman–Crippen LogP) is 3.93. The number of nitriles is 1. The molecular formula is C33H38ClN5O5. The van der Waals surface area contributed by atoms with Gasteiger partial charge in [-0.15, -0.1) is 12.4 Å². The van der Waals surface area contributed by atoms with Gasteiger partial charge in [0.05, 0.1) is 48.7 Å². The average molecular weight is 620 g/mol. The maximum absolute atomic E-state index is 14.6. The van der Waals surface area contributed by atoms with Crippen molar-refractivity contribution in [3.05, 3.63) is 65.7 Å². The van der Waals surface area contributed by atoms with Crippen LogP contribution >= 0.6 is 12.4 Å². The Kier molecular flexibility index (Phi) is 10.5. The molecule has 0 aliphatic carbocycles. The predicted molar refractivity (Wildman–Crippen MR) is 171 cm³/mol. The quantitative estimate of drug-likeness (QED) is 0.411. The van der Waals surface area contributed by atoms with Crippen molar-refractivity contribution >= 4 is 52.3 Å². The topological polar surface area (TPSA) is 124 Å². The Morgan fingerprint density at radius 1 is 1.11 bits per heavy atom. The van der Waals surface area contributed by atoms with E-state index < -0.39 is 18.1 Å². The minimum atomic E-state index is -1.06. The number of hydrogen-bond donors (Lipinski definition) is 2. The van der Waals surface area contributed by atoms with Crippen molar-refractivity contribution in [1.29, 1.82) is 5.26 Å². The molecular weight excluding hydrogens is 582 g/mol. The number of likely N-dealkylation sites (N-methyl/N-ethyl adjacent to an activating group) is 1. The standard InChI is InChI=1S/C33H37N5O5.ClH/c1-20(35-3)31(39)36-30-21(2)38(32(40)24-13-15-43-16-14-24)28-17-22(18-34)9-11-27(28)37(33(30)41)19-26-25-8-6-5-7-23(25)10-12-29(26)42-4;/h5-12,17,20-21,24,30,35H,13-16,19H2,1-4H3,(H,36,39);1H/t20?,21-,30-;/m0./s1. The molecule has 3 atom stereocenters. The van der Waals surface area contributed by atoms with E-state index in [1.54, 1.807) is 56.0 Å². The summed E-state index contributed by atoms with van der Waals surface area (Å²) in [5.74, 6) is -0.601. The minimum Gasteiger partial charge on any atom is -0.496 e. The second-order valence-corrected chi connectivity index (χ2v) is 11.0. The van der Waals surface area contributed by atoms with Crippen LogP contribution in [0.3, 0.4) is 0 Å². The molecule has 10 nitrogen and oxygen atoms in total. The molecule has 3 amide bonds. The third kappa shape index (κ3) is 6.22. The van der Waals surface area contributed by atoms with Crippen LogP contribution in [-0.2, 0) is 25.7 Å². The van der Waals surface area contributed by atoms with E-state index in [-0.39, 0.29) is 42.6 Å². The normalized spacial score (nSPS) is 19.3. The molecule has 0 bridgehead atoms. The Labute approximate surface area is 263 Å². The molecule has 2 aliphatic rings. The van der Waals surface area contributed by atoms with Crippen molar-refractivity contribution in [2.75, 3.05) is 37.2 Å². The molecule has 1 saturated heterocycles. The van der Waals surface area contributed by atoms with E-state index in [4.69, 9.17) is 9.47 Å². The lowest BCUT2D eigenvalue weighted by Gasteiger charge is -2.35. The van der Waals surface area contributed by atoms with E-state index in [2.05, 4.69) is 16.7 Å². The third-order valence-electron chi connectivity index (χ3n) is 8.54. The highest BCUT2D eigenvalue weighted by Crippen LogP contribution is 2.40. The number of ether oxygens (including phenoxy) is 2. The third-order valence-corrected chi connectivity index (χ3v) is 8.54. The molecule has 11 heteroatoms. The molecule has 5 rings (SSSR count). The molecule has 2 N–H and O–H groups in total. The number of hydrogen-bond acceptors (Lipinski definition) is 7. The first-order valence-electron chi connectivity index (χ1n) is 14.6. The van der Waals surface area contributed by atoms with Crippen LogP contribution < -0.4 is 25.2 Å². The van der Waals surface area contributed by atoms with Crippen LogP contribution in [0.1, 0.15) is 37.8 Å². The summed E-state index contributed by atoms with van der Waals surface area (Å²) >= 11 is 0. The fourth-order valence-corrected chi connectivity index (χ4v) is 5.92. The first-order valence-corrected chi connectivity index (χ1v) is 14.6. The number of nitrogens with zero attached hydrogens (tertiary/aromatic N) is 3. The second kappa shape index (κ2) is 14.1. The summed E-state index contributed by atoms with van der Waals surface area (Å²) < 4.78 is 11.3. The maximum Gasteiger partial charge on any atom is 0.252 e. The summed E-state index contributed by atoms with van der Waals surface area (Å²) in [4.78, 5) is 45.3. The number of carbonyl (C=O) groups is 3. The molecule has 2 aliphatic heterocycles. The van der Waals surface area contributed by atoms with Crippen LogP contribution in [0.15, 0.2) is 54.6 Å². The first-order chi connectivity index (χ1) is 20.8. The van der Waals surface area contributed by atoms with Crippen molar-refractivity contribution in [1.82, 2.24) is 10.6 Å². The summed E-state index contributed by atoms with van der Waals surface area (Å²) in [5.41, 5.74) is 2.07. The summed E-state index contributed by atoms with van der Waals surface area (Å²) in [5, 5.41) is 17.6. The van der Waals surface area contributed by atoms with Crippen molar-refractivity contribution in [3.8, 4) is 11.8 Å². The monoisotopic (exact) mass is 619 g/mol. The number of carbonyl (C=O) groups excluding carboxylic acids is 3. The van der Waals surface area contributed by atoms with Crippen molar-refractivity contribution in [2.24, 2.45) is 5.92 Å². The lowest BCUT2D eigenvalue weighted by atomic mass is 9.96. The van der Waals surface area contributed by atoms with Gasteiger partial charge in [0.25, 0.3) is 5.91 Å². The molecule has 3 aromatic rings. The van der Waals surface area contributed by atoms with Gasteiger partial charge in [0.15, 0.2) is 0 Å². The zero-order valence-electron chi connectivity index (χ0n) is 25.3. The summed E-state index contributed by atoms with van der Waals surface area (Å²) in [6.07, 6.45) is 1.10. The molecule has 3 aromatic carbocycles. The van der Waals surface area contributed by atoms with Crippen LogP contribution in [-0.4, -0.2) is 63.2 Å². The number of amides is 3. The van der Waals surface area contributed by atoms with E-state index in [1.807, 2.05) is 36.4 Å². The number of benzene rings is 3. The lowest BCUT2D eigenvalue weighted by molar-refractivity contribution is -0.130. The van der Waals surface area contributed by atoms with E-state index in [9.17, 15) is 19.6 Å². The Morgan fingerprint density at radius 2 is 1.84 bits per heavy atom. The van der Waals surface area contributed by atoms with Crippen molar-refractivity contribution in [3.63, 3.8) is 0 Å². The van der Waals surface area contributed by atoms with Gasteiger partial charge in [-0.2, -0.15) is 5.26 Å². The van der Waals surface area contributed by atoms with Crippen molar-refractivity contribution < 1.29 is 23.9 Å². The number of anilines is 2. The molecule has 0 aromatic heterocycles. The lowest BCUT2D eigenvalue weighted by Crippen LogP contribution is -2.60. The van der Waals surface area contributed by atoms with Crippen LogP contribution in [0.4, 0.5) is 11.4 Å². The van der Waals surface area contributed by atoms with E-state index in [0.29, 0.717) is 48.7 Å². The van der Waals surface area contributed by atoms with Gasteiger partial charge in [0, 0.05) is 24.7 Å². The van der Waals surface area contributed by atoms with Crippen LogP contribution in [0, 0.1) is 17.2 Å². The van der Waals surface area contributed by atoms with Gasteiger partial charge in [-0.1, -0.05) is 30.3 Å². The highest BCUT2D eigenvalue weighted by molar-refractivity contribution is 6.09. The number of nitrogens with one attached hydrogen (secondary N) is 2. The van der Waals surface area contributed by atoms with Gasteiger partial charge < -0.3 is 29.9 Å². The molecule has 44 heavy (non-hydrogen) atoms. The minimum absolute atomic E-state index is 0. The highest BCUT2D eigenvalue weighted by Gasteiger charge is 2.44. The molecule has 1 unspecified atom stereocenters. The summed E-state index contributed by atoms with van der Waals surface area (Å²) in [7, 11) is 3.26. The SMILES string of the molecule is CNC(C)C(=O)N[C@@H]1C(=O)N(Cc2c(OC)ccc3ccccc23)c2ccc(C#N)cc2N(C(=O)C2CCOCC2)[C@H]1C.Cl. The van der Waals surface area contributed by atoms with E-state index in [1.165, 1.54) is 0 Å². The number of halogens is 1. The second-order valence-electron chi connectivity index (χ2n) is 11.0. The fourth-order valence-electron chi connectivity index (χ4n) is 5.92. The molecule has 0 radical (unpaired) electrons. The number of fused-ring (bicyclic) bond motifs is 2. The van der Waals surface area contributed by atoms with Gasteiger partial charge in [-0.05, 0) is 68.8 Å². The van der Waals surface area contributed by atoms with Crippen LogP contribution in [0.25, 0.3) is 10.8 Å². The van der Waals surface area contributed by atoms with Gasteiger partial charge >= 0.3 is 0 Å². The molecule has 232 valence electrons. The average Bonchev–Trinajstić information content (AvgIpc) is 3.12. The zero-order chi connectivity index (χ0) is 30.7. The van der Waals surface area contributed by atoms with Gasteiger partial charge in [0.1, 0.15) is 11.8 Å². The number of methoxy groups -OCH3 is 1. The Bertz CT molecular complexity index is 1580. The van der Waals surface area contributed by atoms with Gasteiger partial charge in [-0.25, -0.2) is 0 Å². The summed E-state index contributed by atoms with van der Waals surface area (Å²) in [6.45, 7) is 4.53.